The lowest BCUT2D eigenvalue weighted by molar-refractivity contribution is -0.0966. The van der Waals surface area contributed by atoms with Gasteiger partial charge in [-0.2, -0.15) is 0 Å². The highest BCUT2D eigenvalue weighted by atomic mass is 16.5. The van der Waals surface area contributed by atoms with Gasteiger partial charge < -0.3 is 14.6 Å². The van der Waals surface area contributed by atoms with Gasteiger partial charge >= 0.3 is 0 Å². The lowest BCUT2D eigenvalue weighted by atomic mass is 9.92. The number of aromatic nitrogens is 1. The summed E-state index contributed by atoms with van der Waals surface area (Å²) in [6, 6.07) is 3.54. The van der Waals surface area contributed by atoms with Gasteiger partial charge in [-0.15, -0.1) is 0 Å². The molecule has 2 atom stereocenters. The molecular weight excluding hydrogens is 206 g/mol. The molecule has 90 valence electrons. The van der Waals surface area contributed by atoms with Gasteiger partial charge in [-0.25, -0.2) is 0 Å². The van der Waals surface area contributed by atoms with Crippen molar-refractivity contribution in [2.24, 2.45) is 0 Å². The van der Waals surface area contributed by atoms with E-state index in [1.165, 1.54) is 0 Å². The SMILES string of the molecule is CCC(C)(OC)C(O)c1ncccc1OC. The molecule has 0 radical (unpaired) electrons. The van der Waals surface area contributed by atoms with Crippen molar-refractivity contribution in [1.29, 1.82) is 0 Å². The van der Waals surface area contributed by atoms with E-state index in [4.69, 9.17) is 9.47 Å². The third-order valence-corrected chi connectivity index (χ3v) is 3.03. The number of aliphatic hydroxyl groups is 1. The molecule has 0 saturated heterocycles. The van der Waals surface area contributed by atoms with Gasteiger partial charge in [-0.1, -0.05) is 6.92 Å². The van der Waals surface area contributed by atoms with E-state index in [0.29, 0.717) is 17.9 Å². The van der Waals surface area contributed by atoms with Crippen LogP contribution in [0.1, 0.15) is 32.1 Å². The summed E-state index contributed by atoms with van der Waals surface area (Å²) < 4.78 is 10.5. The zero-order chi connectivity index (χ0) is 12.2. The minimum atomic E-state index is -0.807. The fourth-order valence-corrected chi connectivity index (χ4v) is 1.52. The number of aliphatic hydroxyl groups excluding tert-OH is 1. The number of pyridine rings is 1. The number of hydrogen-bond acceptors (Lipinski definition) is 4. The Bertz CT molecular complexity index is 337. The molecule has 2 unspecified atom stereocenters. The predicted octanol–water partition coefficient (Wildman–Crippen LogP) is 1.94. The van der Waals surface area contributed by atoms with Crippen LogP contribution >= 0.6 is 0 Å². The maximum Gasteiger partial charge on any atom is 0.143 e. The molecule has 1 N–H and O–H groups in total. The normalized spacial score (nSPS) is 16.6. The summed E-state index contributed by atoms with van der Waals surface area (Å²) in [7, 11) is 3.14. The van der Waals surface area contributed by atoms with Crippen LogP contribution in [0.2, 0.25) is 0 Å². The van der Waals surface area contributed by atoms with Crippen molar-refractivity contribution in [2.45, 2.75) is 32.0 Å². The minimum Gasteiger partial charge on any atom is -0.495 e. The second-order valence-corrected chi connectivity index (χ2v) is 3.86. The van der Waals surface area contributed by atoms with Gasteiger partial charge in [-0.05, 0) is 25.5 Å². The summed E-state index contributed by atoms with van der Waals surface area (Å²) >= 11 is 0. The van der Waals surface area contributed by atoms with Crippen molar-refractivity contribution in [2.75, 3.05) is 14.2 Å². The van der Waals surface area contributed by atoms with Crippen molar-refractivity contribution in [3.05, 3.63) is 24.0 Å². The largest absolute Gasteiger partial charge is 0.495 e. The van der Waals surface area contributed by atoms with Crippen LogP contribution in [0.3, 0.4) is 0 Å². The Labute approximate surface area is 96.2 Å². The van der Waals surface area contributed by atoms with E-state index in [2.05, 4.69) is 4.98 Å². The van der Waals surface area contributed by atoms with E-state index in [-0.39, 0.29) is 0 Å². The zero-order valence-electron chi connectivity index (χ0n) is 10.2. The van der Waals surface area contributed by atoms with Gasteiger partial charge in [-0.3, -0.25) is 4.98 Å². The summed E-state index contributed by atoms with van der Waals surface area (Å²) in [5.74, 6) is 0.576. The van der Waals surface area contributed by atoms with Crippen LogP contribution in [0.5, 0.6) is 5.75 Å². The van der Waals surface area contributed by atoms with Crippen LogP contribution < -0.4 is 4.74 Å². The molecule has 1 aromatic heterocycles. The number of methoxy groups -OCH3 is 2. The Morgan fingerprint density at radius 1 is 1.50 bits per heavy atom. The lowest BCUT2D eigenvalue weighted by Gasteiger charge is -2.32. The summed E-state index contributed by atoms with van der Waals surface area (Å²) in [6.45, 7) is 3.81. The smallest absolute Gasteiger partial charge is 0.143 e. The third-order valence-electron chi connectivity index (χ3n) is 3.03. The van der Waals surface area contributed by atoms with Crippen LogP contribution in [0, 0.1) is 0 Å². The van der Waals surface area contributed by atoms with Crippen molar-refractivity contribution < 1.29 is 14.6 Å². The highest BCUT2D eigenvalue weighted by Gasteiger charge is 2.35. The van der Waals surface area contributed by atoms with Crippen molar-refractivity contribution in [3.8, 4) is 5.75 Å². The molecule has 4 heteroatoms. The molecule has 1 aromatic rings. The van der Waals surface area contributed by atoms with Gasteiger partial charge in [0.2, 0.25) is 0 Å². The van der Waals surface area contributed by atoms with Crippen molar-refractivity contribution in [1.82, 2.24) is 4.98 Å². The van der Waals surface area contributed by atoms with E-state index >= 15 is 0 Å². The highest BCUT2D eigenvalue weighted by molar-refractivity contribution is 5.30. The Kier molecular flexibility index (Phi) is 4.26. The van der Waals surface area contributed by atoms with E-state index in [1.54, 1.807) is 32.5 Å². The molecule has 1 rings (SSSR count). The van der Waals surface area contributed by atoms with E-state index < -0.39 is 11.7 Å². The number of hydrogen-bond donors (Lipinski definition) is 1. The lowest BCUT2D eigenvalue weighted by Crippen LogP contribution is -2.35. The molecular formula is C12H19NO3. The number of rotatable bonds is 5. The first-order chi connectivity index (χ1) is 7.59. The standard InChI is InChI=1S/C12H19NO3/c1-5-12(2,16-4)11(14)10-9(15-3)7-6-8-13-10/h6-8,11,14H,5H2,1-4H3. The van der Waals surface area contributed by atoms with Crippen LogP contribution in [-0.2, 0) is 4.74 Å². The number of nitrogens with zero attached hydrogens (tertiary/aromatic N) is 1. The molecule has 4 nitrogen and oxygen atoms in total. The summed E-state index contributed by atoms with van der Waals surface area (Å²) in [5, 5.41) is 10.3. The van der Waals surface area contributed by atoms with Gasteiger partial charge in [0.1, 0.15) is 17.5 Å². The first-order valence-corrected chi connectivity index (χ1v) is 5.31. The maximum atomic E-state index is 10.3. The molecule has 16 heavy (non-hydrogen) atoms. The van der Waals surface area contributed by atoms with Crippen molar-refractivity contribution >= 4 is 0 Å². The predicted molar refractivity (Wildman–Crippen MR) is 61.5 cm³/mol. The molecule has 0 spiro atoms. The first kappa shape index (κ1) is 12.9. The molecule has 0 saturated carbocycles. The molecule has 0 aliphatic carbocycles. The van der Waals surface area contributed by atoms with E-state index in [0.717, 1.165) is 0 Å². The zero-order valence-corrected chi connectivity index (χ0v) is 10.2. The molecule has 0 aromatic carbocycles. The fraction of sp³-hybridized carbons (Fsp3) is 0.583. The molecule has 0 amide bonds. The molecule has 1 heterocycles. The molecule has 0 fully saturated rings. The molecule has 0 aliphatic rings. The summed E-state index contributed by atoms with van der Waals surface area (Å²) in [5.41, 5.74) is -0.141. The average molecular weight is 225 g/mol. The van der Waals surface area contributed by atoms with Crippen LogP contribution in [0.4, 0.5) is 0 Å². The van der Waals surface area contributed by atoms with E-state index in [9.17, 15) is 5.11 Å². The Hall–Kier alpha value is -1.13. The van der Waals surface area contributed by atoms with Crippen LogP contribution in [0.25, 0.3) is 0 Å². The van der Waals surface area contributed by atoms with Crippen LogP contribution in [-0.4, -0.2) is 29.9 Å². The Morgan fingerprint density at radius 2 is 2.19 bits per heavy atom. The third kappa shape index (κ3) is 2.33. The quantitative estimate of drug-likeness (QED) is 0.832. The van der Waals surface area contributed by atoms with Gasteiger partial charge in [0.15, 0.2) is 0 Å². The summed E-state index contributed by atoms with van der Waals surface area (Å²) in [6.07, 6.45) is 1.51. The van der Waals surface area contributed by atoms with Gasteiger partial charge in [0.25, 0.3) is 0 Å². The second kappa shape index (κ2) is 5.27. The van der Waals surface area contributed by atoms with Crippen molar-refractivity contribution in [3.63, 3.8) is 0 Å². The minimum absolute atomic E-state index is 0.510. The Balaban J connectivity index is 3.08. The monoisotopic (exact) mass is 225 g/mol. The van der Waals surface area contributed by atoms with E-state index in [1.807, 2.05) is 13.8 Å². The highest BCUT2D eigenvalue weighted by Crippen LogP contribution is 2.34. The van der Waals surface area contributed by atoms with Crippen LogP contribution in [0.15, 0.2) is 18.3 Å². The van der Waals surface area contributed by atoms with Gasteiger partial charge in [0, 0.05) is 13.3 Å². The Morgan fingerprint density at radius 3 is 2.69 bits per heavy atom. The average Bonchev–Trinajstić information content (AvgIpc) is 2.36. The maximum absolute atomic E-state index is 10.3. The topological polar surface area (TPSA) is 51.6 Å². The summed E-state index contributed by atoms with van der Waals surface area (Å²) in [4.78, 5) is 4.16. The second-order valence-electron chi connectivity index (χ2n) is 3.86. The fourth-order valence-electron chi connectivity index (χ4n) is 1.52. The molecule has 0 aliphatic heterocycles. The first-order valence-electron chi connectivity index (χ1n) is 5.31. The number of ether oxygens (including phenoxy) is 2. The van der Waals surface area contributed by atoms with Gasteiger partial charge in [0.05, 0.1) is 12.7 Å². The molecule has 0 bridgehead atoms.